The Morgan fingerprint density at radius 1 is 1.09 bits per heavy atom. The van der Waals surface area contributed by atoms with Crippen molar-refractivity contribution < 1.29 is 4.84 Å². The van der Waals surface area contributed by atoms with E-state index in [0.717, 1.165) is 5.56 Å². The van der Waals surface area contributed by atoms with E-state index in [1.165, 1.54) is 21.8 Å². The average Bonchev–Trinajstić information content (AvgIpc) is 2.32. The summed E-state index contributed by atoms with van der Waals surface area (Å²) in [5.41, 5.74) is 15.7. The molecular weight excluding hydrogens is 346 g/mol. The number of hydrogen-bond acceptors (Lipinski definition) is 6. The second-order valence-corrected chi connectivity index (χ2v) is 5.87. The van der Waals surface area contributed by atoms with Crippen molar-refractivity contribution in [3.63, 3.8) is 0 Å². The summed E-state index contributed by atoms with van der Waals surface area (Å²) in [7, 11) is 0. The lowest BCUT2D eigenvalue weighted by atomic mass is 10.0. The van der Waals surface area contributed by atoms with Gasteiger partial charge in [0.2, 0.25) is 11.9 Å². The first-order valence-corrected chi connectivity index (χ1v) is 6.90. The summed E-state index contributed by atoms with van der Waals surface area (Å²) < 4.78 is 0. The number of guanidine groups is 2. The zero-order chi connectivity index (χ0) is 15.8. The van der Waals surface area contributed by atoms with Gasteiger partial charge in [0.1, 0.15) is 6.61 Å². The van der Waals surface area contributed by atoms with Gasteiger partial charge in [-0.3, -0.25) is 4.84 Å². The average molecular weight is 370 g/mol. The van der Waals surface area contributed by atoms with Gasteiger partial charge in [-0.15, -0.1) is 17.0 Å². The SMILES string of the molecule is Br.Cc1cc(C)c(CON2C(N)=NC(N)=NC2(C)C)cc1C. The lowest BCUT2D eigenvalue weighted by molar-refractivity contribution is -0.167. The highest BCUT2D eigenvalue weighted by molar-refractivity contribution is 8.93. The van der Waals surface area contributed by atoms with Gasteiger partial charge in [-0.05, 0) is 56.9 Å². The molecule has 0 amide bonds. The van der Waals surface area contributed by atoms with Crippen LogP contribution in [-0.2, 0) is 11.4 Å². The molecule has 0 radical (unpaired) electrons. The predicted molar refractivity (Wildman–Crippen MR) is 94.9 cm³/mol. The summed E-state index contributed by atoms with van der Waals surface area (Å²) in [4.78, 5) is 14.0. The first kappa shape index (κ1) is 18.4. The third kappa shape index (κ3) is 3.78. The highest BCUT2D eigenvalue weighted by Gasteiger charge is 2.33. The number of hydroxylamine groups is 2. The van der Waals surface area contributed by atoms with Crippen LogP contribution in [0.1, 0.15) is 36.1 Å². The molecule has 1 heterocycles. The topological polar surface area (TPSA) is 89.2 Å². The van der Waals surface area contributed by atoms with E-state index in [4.69, 9.17) is 16.3 Å². The van der Waals surface area contributed by atoms with Crippen molar-refractivity contribution in [2.75, 3.05) is 0 Å². The van der Waals surface area contributed by atoms with Gasteiger partial charge < -0.3 is 11.5 Å². The Labute approximate surface area is 142 Å². The van der Waals surface area contributed by atoms with E-state index in [2.05, 4.69) is 42.9 Å². The summed E-state index contributed by atoms with van der Waals surface area (Å²) in [6.07, 6.45) is 0. The van der Waals surface area contributed by atoms with Crippen LogP contribution in [0.15, 0.2) is 22.1 Å². The minimum absolute atomic E-state index is 0. The first-order valence-electron chi connectivity index (χ1n) is 6.90. The molecular formula is C15H24BrN5O. The van der Waals surface area contributed by atoms with Crippen LogP contribution in [0.25, 0.3) is 0 Å². The van der Waals surface area contributed by atoms with Gasteiger partial charge in [0, 0.05) is 0 Å². The van der Waals surface area contributed by atoms with Gasteiger partial charge in [0.05, 0.1) is 0 Å². The molecule has 22 heavy (non-hydrogen) atoms. The maximum absolute atomic E-state index is 5.89. The third-order valence-electron chi connectivity index (χ3n) is 3.62. The van der Waals surface area contributed by atoms with Crippen LogP contribution in [0.2, 0.25) is 0 Å². The van der Waals surface area contributed by atoms with Gasteiger partial charge in [0.15, 0.2) is 5.66 Å². The molecule has 0 fully saturated rings. The molecule has 6 nitrogen and oxygen atoms in total. The van der Waals surface area contributed by atoms with Crippen LogP contribution < -0.4 is 11.5 Å². The highest BCUT2D eigenvalue weighted by atomic mass is 79.9. The predicted octanol–water partition coefficient (Wildman–Crippen LogP) is 2.30. The maximum atomic E-state index is 5.89. The molecule has 0 unspecified atom stereocenters. The Kier molecular flexibility index (Phi) is 5.59. The fraction of sp³-hybridized carbons (Fsp3) is 0.467. The van der Waals surface area contributed by atoms with E-state index in [0.29, 0.717) is 6.61 Å². The lowest BCUT2D eigenvalue weighted by Gasteiger charge is -2.36. The molecule has 7 heteroatoms. The molecule has 4 N–H and O–H groups in total. The van der Waals surface area contributed by atoms with E-state index in [1.54, 1.807) is 0 Å². The number of nitrogens with two attached hydrogens (primary N) is 2. The summed E-state index contributed by atoms with van der Waals surface area (Å²) in [5, 5.41) is 1.50. The van der Waals surface area contributed by atoms with Crippen molar-refractivity contribution in [3.8, 4) is 0 Å². The fourth-order valence-electron chi connectivity index (χ4n) is 2.33. The largest absolute Gasteiger partial charge is 0.368 e. The Bertz CT molecular complexity index is 625. The van der Waals surface area contributed by atoms with E-state index in [-0.39, 0.29) is 28.9 Å². The lowest BCUT2D eigenvalue weighted by Crippen LogP contribution is -2.53. The Balaban J connectivity index is 0.00000242. The number of benzene rings is 1. The Morgan fingerprint density at radius 2 is 1.68 bits per heavy atom. The number of hydrogen-bond donors (Lipinski definition) is 2. The maximum Gasteiger partial charge on any atom is 0.226 e. The smallest absolute Gasteiger partial charge is 0.226 e. The molecule has 1 aromatic rings. The van der Waals surface area contributed by atoms with Gasteiger partial charge in [0.25, 0.3) is 0 Å². The third-order valence-corrected chi connectivity index (χ3v) is 3.62. The van der Waals surface area contributed by atoms with Crippen molar-refractivity contribution in [1.82, 2.24) is 5.06 Å². The summed E-state index contributed by atoms with van der Waals surface area (Å²) in [5.74, 6) is 0.383. The molecule has 2 rings (SSSR count). The molecule has 0 spiro atoms. The summed E-state index contributed by atoms with van der Waals surface area (Å²) >= 11 is 0. The standard InChI is InChI=1S/C15H23N5O.BrH/c1-9-6-11(3)12(7-10(9)2)8-21-20-14(17)18-13(16)19-15(20,4)5;/h6-7H,8H2,1-5H3,(H4,16,17,18,19);1H. The molecule has 1 aliphatic heterocycles. The van der Waals surface area contributed by atoms with Crippen molar-refractivity contribution >= 4 is 28.9 Å². The first-order chi connectivity index (χ1) is 9.70. The summed E-state index contributed by atoms with van der Waals surface area (Å²) in [6, 6.07) is 4.29. The summed E-state index contributed by atoms with van der Waals surface area (Å²) in [6.45, 7) is 10.4. The number of halogens is 1. The minimum atomic E-state index is -0.677. The molecule has 0 aromatic heterocycles. The second kappa shape index (κ2) is 6.66. The zero-order valence-electron chi connectivity index (χ0n) is 13.7. The molecule has 0 saturated carbocycles. The Morgan fingerprint density at radius 3 is 2.27 bits per heavy atom. The van der Waals surface area contributed by atoms with Gasteiger partial charge in [-0.1, -0.05) is 12.1 Å². The van der Waals surface area contributed by atoms with Crippen molar-refractivity contribution in [3.05, 3.63) is 34.4 Å². The molecule has 0 saturated heterocycles. The zero-order valence-corrected chi connectivity index (χ0v) is 15.4. The minimum Gasteiger partial charge on any atom is -0.368 e. The fourth-order valence-corrected chi connectivity index (χ4v) is 2.33. The molecule has 122 valence electrons. The number of nitrogens with zero attached hydrogens (tertiary/aromatic N) is 3. The molecule has 1 aliphatic rings. The van der Waals surface area contributed by atoms with Crippen LogP contribution in [0.4, 0.5) is 0 Å². The van der Waals surface area contributed by atoms with Crippen molar-refractivity contribution in [1.29, 1.82) is 0 Å². The van der Waals surface area contributed by atoms with E-state index in [1.807, 2.05) is 13.8 Å². The van der Waals surface area contributed by atoms with Crippen LogP contribution in [0, 0.1) is 20.8 Å². The highest BCUT2D eigenvalue weighted by Crippen LogP contribution is 2.22. The number of rotatable bonds is 3. The van der Waals surface area contributed by atoms with Crippen LogP contribution in [-0.4, -0.2) is 22.6 Å². The molecule has 0 atom stereocenters. The van der Waals surface area contributed by atoms with Crippen molar-refractivity contribution in [2.45, 2.75) is 46.9 Å². The van der Waals surface area contributed by atoms with Crippen molar-refractivity contribution in [2.24, 2.45) is 21.5 Å². The van der Waals surface area contributed by atoms with E-state index >= 15 is 0 Å². The van der Waals surface area contributed by atoms with E-state index in [9.17, 15) is 0 Å². The molecule has 0 aliphatic carbocycles. The van der Waals surface area contributed by atoms with Gasteiger partial charge in [-0.2, -0.15) is 10.1 Å². The van der Waals surface area contributed by atoms with E-state index < -0.39 is 5.66 Å². The number of aliphatic imine (C=N–C) groups is 2. The monoisotopic (exact) mass is 369 g/mol. The van der Waals surface area contributed by atoms with Gasteiger partial charge >= 0.3 is 0 Å². The Hall–Kier alpha value is -1.60. The second-order valence-electron chi connectivity index (χ2n) is 5.87. The van der Waals surface area contributed by atoms with Gasteiger partial charge in [-0.25, -0.2) is 4.99 Å². The van der Waals surface area contributed by atoms with Crippen LogP contribution >= 0.6 is 17.0 Å². The van der Waals surface area contributed by atoms with Crippen LogP contribution in [0.3, 0.4) is 0 Å². The molecule has 1 aromatic carbocycles. The normalized spacial score (nSPS) is 16.7. The quantitative estimate of drug-likeness (QED) is 0.855. The number of aryl methyl sites for hydroxylation is 3. The van der Waals surface area contributed by atoms with Crippen LogP contribution in [0.5, 0.6) is 0 Å². The molecule has 0 bridgehead atoms.